The number of aromatic carboxylic acids is 2. The molecule has 0 saturated heterocycles. The smallest absolute Gasteiger partial charge is 0.336 e. The molecule has 146 valence electrons. The predicted octanol–water partition coefficient (Wildman–Crippen LogP) is 6.85. The fraction of sp³-hybridized carbons (Fsp3) is 0. The molecule has 4 nitrogen and oxygen atoms in total. The van der Waals surface area contributed by atoms with E-state index >= 15 is 0 Å². The lowest BCUT2D eigenvalue weighted by molar-refractivity contribution is 0.0682. The Kier molecular flexibility index (Phi) is 4.38. The number of fused-ring (bicyclic) bond motifs is 2. The van der Waals surface area contributed by atoms with Crippen molar-refractivity contribution in [2.75, 3.05) is 0 Å². The fourth-order valence-electron chi connectivity index (χ4n) is 3.86. The van der Waals surface area contributed by atoms with Gasteiger partial charge in [0, 0.05) is 20.2 Å². The summed E-state index contributed by atoms with van der Waals surface area (Å²) in [5, 5.41) is 25.7. The van der Waals surface area contributed by atoms with Crippen LogP contribution in [-0.4, -0.2) is 22.2 Å². The molecule has 2 aromatic heterocycles. The Bertz CT molecular complexity index is 1350. The fourth-order valence-corrected chi connectivity index (χ4v) is 5.48. The zero-order valence-corrected chi connectivity index (χ0v) is 17.1. The highest BCUT2D eigenvalue weighted by Crippen LogP contribution is 2.39. The topological polar surface area (TPSA) is 74.6 Å². The summed E-state index contributed by atoms with van der Waals surface area (Å²) in [5.41, 5.74) is 2.42. The molecule has 0 atom stereocenters. The lowest BCUT2D eigenvalue weighted by Crippen LogP contribution is -2.06. The highest BCUT2D eigenvalue weighted by molar-refractivity contribution is 7.17. The van der Waals surface area contributed by atoms with Gasteiger partial charge in [-0.25, -0.2) is 9.59 Å². The normalized spacial score (nSPS) is 11.2. The molecule has 30 heavy (non-hydrogen) atoms. The van der Waals surface area contributed by atoms with Crippen molar-refractivity contribution < 1.29 is 19.8 Å². The maximum atomic E-state index is 12.2. The number of hydrogen-bond donors (Lipinski definition) is 2. The minimum atomic E-state index is -1.09. The van der Waals surface area contributed by atoms with E-state index in [9.17, 15) is 19.8 Å². The molecule has 0 aliphatic rings. The average molecular weight is 431 g/mol. The van der Waals surface area contributed by atoms with Crippen molar-refractivity contribution in [3.8, 4) is 22.3 Å². The van der Waals surface area contributed by atoms with E-state index in [0.29, 0.717) is 22.3 Å². The largest absolute Gasteiger partial charge is 0.478 e. The van der Waals surface area contributed by atoms with Crippen molar-refractivity contribution >= 4 is 54.8 Å². The standard InChI is InChI=1S/C24H14O4S2/c25-23(26)19-12-18(14-4-2-6-22-16(14)8-10-30-22)20(24(27)28)11-17(19)13-3-1-5-21-15(13)7-9-29-21/h1-12H,(H,25,26)(H,27,28). The van der Waals surface area contributed by atoms with E-state index in [1.165, 1.54) is 12.1 Å². The van der Waals surface area contributed by atoms with Crippen LogP contribution in [0.15, 0.2) is 71.4 Å². The molecular weight excluding hydrogens is 416 g/mol. The van der Waals surface area contributed by atoms with Crippen LogP contribution in [0.2, 0.25) is 0 Å². The monoisotopic (exact) mass is 430 g/mol. The van der Waals surface area contributed by atoms with E-state index < -0.39 is 11.9 Å². The highest BCUT2D eigenvalue weighted by atomic mass is 32.1. The van der Waals surface area contributed by atoms with E-state index in [-0.39, 0.29) is 11.1 Å². The van der Waals surface area contributed by atoms with Crippen molar-refractivity contribution in [1.29, 1.82) is 0 Å². The first kappa shape index (κ1) is 18.5. The molecule has 2 heterocycles. The molecule has 0 saturated carbocycles. The van der Waals surface area contributed by atoms with Crippen LogP contribution in [0, 0.1) is 0 Å². The maximum Gasteiger partial charge on any atom is 0.336 e. The Labute approximate surface area is 179 Å². The van der Waals surface area contributed by atoms with Gasteiger partial charge in [-0.2, -0.15) is 0 Å². The molecule has 6 heteroatoms. The number of benzene rings is 3. The van der Waals surface area contributed by atoms with Crippen LogP contribution in [0.1, 0.15) is 20.7 Å². The van der Waals surface area contributed by atoms with Crippen molar-refractivity contribution in [3.63, 3.8) is 0 Å². The van der Waals surface area contributed by atoms with Crippen LogP contribution < -0.4 is 0 Å². The Balaban J connectivity index is 1.86. The summed E-state index contributed by atoms with van der Waals surface area (Å²) >= 11 is 3.12. The first-order valence-electron chi connectivity index (χ1n) is 9.12. The molecule has 0 aliphatic carbocycles. The second-order valence-corrected chi connectivity index (χ2v) is 8.73. The quantitative estimate of drug-likeness (QED) is 0.327. The van der Waals surface area contributed by atoms with Crippen molar-refractivity contribution in [2.24, 2.45) is 0 Å². The molecule has 0 spiro atoms. The highest BCUT2D eigenvalue weighted by Gasteiger charge is 2.22. The van der Waals surface area contributed by atoms with Gasteiger partial charge < -0.3 is 10.2 Å². The Morgan fingerprint density at radius 2 is 1.03 bits per heavy atom. The van der Waals surface area contributed by atoms with E-state index in [4.69, 9.17) is 0 Å². The van der Waals surface area contributed by atoms with Gasteiger partial charge >= 0.3 is 11.9 Å². The molecule has 3 aromatic carbocycles. The molecular formula is C24H14O4S2. The van der Waals surface area contributed by atoms with Crippen molar-refractivity contribution in [3.05, 3.63) is 82.6 Å². The molecule has 5 rings (SSSR count). The summed E-state index contributed by atoms with van der Waals surface area (Å²) in [6, 6.07) is 18.2. The molecule has 0 fully saturated rings. The summed E-state index contributed by atoms with van der Waals surface area (Å²) in [7, 11) is 0. The minimum Gasteiger partial charge on any atom is -0.478 e. The lowest BCUT2D eigenvalue weighted by Gasteiger charge is -2.15. The summed E-state index contributed by atoms with van der Waals surface area (Å²) < 4.78 is 2.04. The van der Waals surface area contributed by atoms with Gasteiger partial charge in [0.25, 0.3) is 0 Å². The summed E-state index contributed by atoms with van der Waals surface area (Å²) in [4.78, 5) is 24.4. The number of thiophene rings is 2. The number of carboxylic acid groups (broad SMARTS) is 2. The average Bonchev–Trinajstić information content (AvgIpc) is 3.41. The first-order chi connectivity index (χ1) is 14.5. The summed E-state index contributed by atoms with van der Waals surface area (Å²) in [6.07, 6.45) is 0. The summed E-state index contributed by atoms with van der Waals surface area (Å²) in [6.45, 7) is 0. The van der Waals surface area contributed by atoms with Gasteiger partial charge in [0.2, 0.25) is 0 Å². The third kappa shape index (κ3) is 2.89. The summed E-state index contributed by atoms with van der Waals surface area (Å²) in [5.74, 6) is -2.18. The number of carbonyl (C=O) groups is 2. The Hall–Kier alpha value is -3.48. The zero-order valence-electron chi connectivity index (χ0n) is 15.5. The van der Waals surface area contributed by atoms with Crippen LogP contribution in [0.25, 0.3) is 42.4 Å². The van der Waals surface area contributed by atoms with Crippen molar-refractivity contribution in [2.45, 2.75) is 0 Å². The number of carboxylic acids is 2. The maximum absolute atomic E-state index is 12.2. The number of rotatable bonds is 4. The first-order valence-corrected chi connectivity index (χ1v) is 10.9. The van der Waals surface area contributed by atoms with Crippen LogP contribution in [0.3, 0.4) is 0 Å². The van der Waals surface area contributed by atoms with Crippen molar-refractivity contribution in [1.82, 2.24) is 0 Å². The lowest BCUT2D eigenvalue weighted by atomic mass is 9.89. The van der Waals surface area contributed by atoms with E-state index in [1.807, 2.05) is 59.3 Å². The van der Waals surface area contributed by atoms with Gasteiger partial charge in [-0.3, -0.25) is 0 Å². The third-order valence-corrected chi connectivity index (χ3v) is 6.95. The van der Waals surface area contributed by atoms with E-state index in [2.05, 4.69) is 0 Å². The van der Waals surface area contributed by atoms with Gasteiger partial charge in [-0.1, -0.05) is 24.3 Å². The molecule has 0 aliphatic heterocycles. The Morgan fingerprint density at radius 3 is 1.43 bits per heavy atom. The van der Waals surface area contributed by atoms with Crippen LogP contribution in [0.5, 0.6) is 0 Å². The van der Waals surface area contributed by atoms with Gasteiger partial charge in [-0.15, -0.1) is 22.7 Å². The van der Waals surface area contributed by atoms with Gasteiger partial charge in [0.15, 0.2) is 0 Å². The van der Waals surface area contributed by atoms with E-state index in [0.717, 1.165) is 20.2 Å². The van der Waals surface area contributed by atoms with Gasteiger partial charge in [-0.05, 0) is 69.4 Å². The van der Waals surface area contributed by atoms with Crippen LogP contribution in [-0.2, 0) is 0 Å². The molecule has 0 amide bonds. The van der Waals surface area contributed by atoms with E-state index in [1.54, 1.807) is 22.7 Å². The molecule has 0 unspecified atom stereocenters. The predicted molar refractivity (Wildman–Crippen MR) is 122 cm³/mol. The molecule has 0 bridgehead atoms. The third-order valence-electron chi connectivity index (χ3n) is 5.19. The van der Waals surface area contributed by atoms with Gasteiger partial charge in [0.1, 0.15) is 0 Å². The molecule has 0 radical (unpaired) electrons. The number of hydrogen-bond acceptors (Lipinski definition) is 4. The van der Waals surface area contributed by atoms with Crippen LogP contribution >= 0.6 is 22.7 Å². The molecule has 5 aromatic rings. The van der Waals surface area contributed by atoms with Crippen LogP contribution in [0.4, 0.5) is 0 Å². The second kappa shape index (κ2) is 7.09. The van der Waals surface area contributed by atoms with Gasteiger partial charge in [0.05, 0.1) is 11.1 Å². The SMILES string of the molecule is O=C(O)c1cc(-c2cccc3sccc23)c(C(=O)O)cc1-c1cccc2sccc12. The second-order valence-electron chi connectivity index (χ2n) is 6.83. The Morgan fingerprint density at radius 1 is 0.600 bits per heavy atom. The minimum absolute atomic E-state index is 0.0842. The zero-order chi connectivity index (χ0) is 20.8. The molecule has 2 N–H and O–H groups in total.